The zero-order chi connectivity index (χ0) is 15.7. The molecule has 0 atom stereocenters. The molecule has 0 bridgehead atoms. The number of hydrogen-bond acceptors (Lipinski definition) is 2. The van der Waals surface area contributed by atoms with Crippen molar-refractivity contribution < 1.29 is 4.79 Å². The molecule has 1 aliphatic rings. The monoisotopic (exact) mass is 315 g/mol. The Bertz CT molecular complexity index is 766. The van der Waals surface area contributed by atoms with Crippen molar-refractivity contribution in [1.82, 2.24) is 9.47 Å². The van der Waals surface area contributed by atoms with E-state index >= 15 is 0 Å². The lowest BCUT2D eigenvalue weighted by Crippen LogP contribution is -2.27. The summed E-state index contributed by atoms with van der Waals surface area (Å²) in [7, 11) is 0. The van der Waals surface area contributed by atoms with Gasteiger partial charge >= 0.3 is 6.03 Å². The second-order valence-corrected chi connectivity index (χ2v) is 7.02. The maximum Gasteiger partial charge on any atom is 0.346 e. The van der Waals surface area contributed by atoms with Crippen LogP contribution in [0.15, 0.2) is 29.4 Å². The fraction of sp³-hybridized carbons (Fsp3) is 0.412. The second kappa shape index (κ2) is 6.08. The molecule has 0 radical (unpaired) electrons. The normalized spacial score (nSPS) is 15.6. The zero-order valence-corrected chi connectivity index (χ0v) is 14.1. The van der Waals surface area contributed by atoms with Crippen LogP contribution in [0.25, 0.3) is 5.69 Å². The van der Waals surface area contributed by atoms with Crippen molar-refractivity contribution in [3.63, 3.8) is 0 Å². The minimum absolute atomic E-state index is 0.113. The molecule has 0 spiro atoms. The first-order chi connectivity index (χ1) is 10.6. The van der Waals surface area contributed by atoms with Crippen LogP contribution in [0.2, 0.25) is 0 Å². The quantitative estimate of drug-likeness (QED) is 0.792. The van der Waals surface area contributed by atoms with E-state index in [1.165, 1.54) is 11.1 Å². The van der Waals surface area contributed by atoms with E-state index in [9.17, 15) is 4.79 Å². The van der Waals surface area contributed by atoms with E-state index in [1.807, 2.05) is 22.5 Å². The molecule has 2 heterocycles. The number of rotatable bonds is 1. The minimum atomic E-state index is -0.113. The Morgan fingerprint density at radius 1 is 1.18 bits per heavy atom. The molecule has 2 amide bonds. The van der Waals surface area contributed by atoms with Crippen molar-refractivity contribution in [3.05, 3.63) is 45.2 Å². The van der Waals surface area contributed by atoms with Crippen LogP contribution in [-0.2, 0) is 0 Å². The van der Waals surface area contributed by atoms with E-state index < -0.39 is 0 Å². The molecule has 3 rings (SSSR count). The molecule has 0 N–H and O–H groups in total. The predicted molar refractivity (Wildman–Crippen MR) is 89.6 cm³/mol. The molecular formula is C17H21N3OS. The van der Waals surface area contributed by atoms with Crippen molar-refractivity contribution >= 4 is 17.4 Å². The van der Waals surface area contributed by atoms with Crippen molar-refractivity contribution in [2.75, 3.05) is 13.1 Å². The molecule has 116 valence electrons. The molecule has 1 aromatic carbocycles. The molecule has 0 unspecified atom stereocenters. The zero-order valence-electron chi connectivity index (χ0n) is 13.3. The maximum absolute atomic E-state index is 12.3. The molecule has 2 aromatic rings. The third kappa shape index (κ3) is 2.86. The SMILES string of the molecule is Cc1cn(-c2cccc(C)c2C)c(=NC(=O)N2CCCC2)s1. The van der Waals surface area contributed by atoms with Gasteiger partial charge in [-0.05, 0) is 50.8 Å². The number of urea groups is 1. The minimum Gasteiger partial charge on any atom is -0.323 e. The van der Waals surface area contributed by atoms with Crippen LogP contribution in [0.5, 0.6) is 0 Å². The standard InChI is InChI=1S/C17H21N3OS/c1-12-7-6-8-15(14(12)3)20-11-13(2)22-17(20)18-16(21)19-9-4-5-10-19/h6-8,11H,4-5,9-10H2,1-3H3. The fourth-order valence-electron chi connectivity index (χ4n) is 2.76. The first-order valence-electron chi connectivity index (χ1n) is 7.65. The average Bonchev–Trinajstić information content (AvgIpc) is 3.12. The van der Waals surface area contributed by atoms with Crippen LogP contribution in [0.1, 0.15) is 28.8 Å². The number of amides is 2. The third-order valence-corrected chi connectivity index (χ3v) is 5.07. The number of aryl methyl sites for hydroxylation is 2. The van der Waals surface area contributed by atoms with Crippen molar-refractivity contribution in [1.29, 1.82) is 0 Å². The Kier molecular flexibility index (Phi) is 4.16. The van der Waals surface area contributed by atoms with Crippen molar-refractivity contribution in [2.45, 2.75) is 33.6 Å². The lowest BCUT2D eigenvalue weighted by Gasteiger charge is -2.12. The third-order valence-electron chi connectivity index (χ3n) is 4.17. The van der Waals surface area contributed by atoms with Gasteiger partial charge < -0.3 is 4.90 Å². The molecule has 1 saturated heterocycles. The highest BCUT2D eigenvalue weighted by Gasteiger charge is 2.17. The van der Waals surface area contributed by atoms with Crippen LogP contribution >= 0.6 is 11.3 Å². The predicted octanol–water partition coefficient (Wildman–Crippen LogP) is 3.58. The lowest BCUT2D eigenvalue weighted by atomic mass is 10.1. The Balaban J connectivity index is 2.06. The summed E-state index contributed by atoms with van der Waals surface area (Å²) in [5.41, 5.74) is 3.55. The van der Waals surface area contributed by atoms with Gasteiger partial charge in [-0.15, -0.1) is 11.3 Å². The van der Waals surface area contributed by atoms with Gasteiger partial charge in [-0.2, -0.15) is 4.99 Å². The number of aromatic nitrogens is 1. The molecule has 5 heteroatoms. The molecule has 22 heavy (non-hydrogen) atoms. The van der Waals surface area contributed by atoms with E-state index in [2.05, 4.69) is 37.2 Å². The van der Waals surface area contributed by atoms with Gasteiger partial charge in [0.05, 0.1) is 5.69 Å². The van der Waals surface area contributed by atoms with E-state index in [-0.39, 0.29) is 6.03 Å². The van der Waals surface area contributed by atoms with Gasteiger partial charge in [0.2, 0.25) is 0 Å². The summed E-state index contributed by atoms with van der Waals surface area (Å²) < 4.78 is 2.04. The summed E-state index contributed by atoms with van der Waals surface area (Å²) in [5, 5.41) is 0. The van der Waals surface area contributed by atoms with Crippen LogP contribution < -0.4 is 4.80 Å². The summed E-state index contributed by atoms with van der Waals surface area (Å²) in [5.74, 6) is 0. The summed E-state index contributed by atoms with van der Waals surface area (Å²) in [6.07, 6.45) is 4.23. The van der Waals surface area contributed by atoms with Crippen molar-refractivity contribution in [2.24, 2.45) is 4.99 Å². The Hall–Kier alpha value is -1.88. The van der Waals surface area contributed by atoms with Gasteiger partial charge in [0.1, 0.15) is 0 Å². The highest BCUT2D eigenvalue weighted by molar-refractivity contribution is 7.09. The number of carbonyl (C=O) groups excluding carboxylic acids is 1. The van der Waals surface area contributed by atoms with Gasteiger partial charge in [0.25, 0.3) is 0 Å². The number of benzene rings is 1. The second-order valence-electron chi connectivity index (χ2n) is 5.80. The van der Waals surface area contributed by atoms with Crippen LogP contribution in [0.4, 0.5) is 4.79 Å². The summed E-state index contributed by atoms with van der Waals surface area (Å²) in [6.45, 7) is 7.92. The Morgan fingerprint density at radius 2 is 1.91 bits per heavy atom. The van der Waals surface area contributed by atoms with Crippen molar-refractivity contribution in [3.8, 4) is 5.69 Å². The number of thiazole rings is 1. The van der Waals surface area contributed by atoms with Crippen LogP contribution in [0, 0.1) is 20.8 Å². The van der Waals surface area contributed by atoms with Gasteiger partial charge in [-0.1, -0.05) is 12.1 Å². The van der Waals surface area contributed by atoms with Gasteiger partial charge in [-0.3, -0.25) is 4.57 Å². The van der Waals surface area contributed by atoms with E-state index in [1.54, 1.807) is 11.3 Å². The number of likely N-dealkylation sites (tertiary alicyclic amines) is 1. The molecule has 1 aromatic heterocycles. The molecule has 4 nitrogen and oxygen atoms in total. The number of nitrogens with zero attached hydrogens (tertiary/aromatic N) is 3. The smallest absolute Gasteiger partial charge is 0.323 e. The summed E-state index contributed by atoms with van der Waals surface area (Å²) in [6, 6.07) is 6.11. The first-order valence-corrected chi connectivity index (χ1v) is 8.47. The number of carbonyl (C=O) groups is 1. The highest BCUT2D eigenvalue weighted by Crippen LogP contribution is 2.18. The Morgan fingerprint density at radius 3 is 2.64 bits per heavy atom. The van der Waals surface area contributed by atoms with Crippen LogP contribution in [-0.4, -0.2) is 28.6 Å². The van der Waals surface area contributed by atoms with Gasteiger partial charge in [0.15, 0.2) is 4.80 Å². The number of hydrogen-bond donors (Lipinski definition) is 0. The summed E-state index contributed by atoms with van der Waals surface area (Å²) >= 11 is 1.56. The maximum atomic E-state index is 12.3. The Labute approximate surface area is 134 Å². The largest absolute Gasteiger partial charge is 0.346 e. The fourth-order valence-corrected chi connectivity index (χ4v) is 3.58. The van der Waals surface area contributed by atoms with E-state index in [4.69, 9.17) is 0 Å². The molecular weight excluding hydrogens is 294 g/mol. The van der Waals surface area contributed by atoms with Gasteiger partial charge in [0, 0.05) is 24.2 Å². The highest BCUT2D eigenvalue weighted by atomic mass is 32.1. The van der Waals surface area contributed by atoms with E-state index in [0.717, 1.165) is 41.3 Å². The average molecular weight is 315 g/mol. The first kappa shape index (κ1) is 15.0. The van der Waals surface area contributed by atoms with Gasteiger partial charge in [-0.25, -0.2) is 4.79 Å². The molecule has 1 aliphatic heterocycles. The lowest BCUT2D eigenvalue weighted by molar-refractivity contribution is 0.218. The molecule has 0 saturated carbocycles. The van der Waals surface area contributed by atoms with E-state index in [0.29, 0.717) is 0 Å². The molecule has 0 aliphatic carbocycles. The van der Waals surface area contributed by atoms with Crippen LogP contribution in [0.3, 0.4) is 0 Å². The molecule has 1 fully saturated rings. The topological polar surface area (TPSA) is 37.6 Å². The summed E-state index contributed by atoms with van der Waals surface area (Å²) in [4.78, 5) is 20.4.